The van der Waals surface area contributed by atoms with Crippen LogP contribution in [0.5, 0.6) is 0 Å². The average molecular weight is 322 g/mol. The molecular weight excluding hydrogens is 305 g/mol. The van der Waals surface area contributed by atoms with Crippen molar-refractivity contribution in [2.45, 2.75) is 36.4 Å². The predicted octanol–water partition coefficient (Wildman–Crippen LogP) is 2.11. The summed E-state index contributed by atoms with van der Waals surface area (Å²) in [5.41, 5.74) is 4.41. The molecule has 0 heterocycles. The fraction of sp³-hybridized carbons (Fsp3) is 0.538. The Morgan fingerprint density at radius 2 is 1.90 bits per heavy atom. The van der Waals surface area contributed by atoms with Crippen molar-refractivity contribution >= 4 is 10.0 Å². The molecule has 0 spiro atoms. The van der Waals surface area contributed by atoms with Gasteiger partial charge in [-0.2, -0.15) is 13.2 Å². The van der Waals surface area contributed by atoms with Crippen LogP contribution in [0.2, 0.25) is 0 Å². The van der Waals surface area contributed by atoms with Gasteiger partial charge in [0.05, 0.1) is 10.5 Å². The largest absolute Gasteiger partial charge is 0.417 e. The van der Waals surface area contributed by atoms with Crippen molar-refractivity contribution in [3.05, 3.63) is 29.8 Å². The molecule has 0 radical (unpaired) electrons. The number of hydrogen-bond acceptors (Lipinski definition) is 3. The summed E-state index contributed by atoms with van der Waals surface area (Å²) in [5.74, 6) is -0.0298. The first kappa shape index (κ1) is 16.3. The number of benzene rings is 1. The van der Waals surface area contributed by atoms with Crippen molar-refractivity contribution in [1.29, 1.82) is 0 Å². The van der Waals surface area contributed by atoms with E-state index in [1.165, 1.54) is 12.1 Å². The van der Waals surface area contributed by atoms with Crippen LogP contribution < -0.4 is 10.5 Å². The highest BCUT2D eigenvalue weighted by molar-refractivity contribution is 7.89. The molecule has 0 saturated heterocycles. The molecule has 4 nitrogen and oxygen atoms in total. The number of nitrogens with one attached hydrogen (secondary N) is 1. The highest BCUT2D eigenvalue weighted by atomic mass is 32.2. The Morgan fingerprint density at radius 3 is 2.52 bits per heavy atom. The summed E-state index contributed by atoms with van der Waals surface area (Å²) >= 11 is 0. The van der Waals surface area contributed by atoms with Crippen LogP contribution >= 0.6 is 0 Å². The highest BCUT2D eigenvalue weighted by Crippen LogP contribution is 2.34. The lowest BCUT2D eigenvalue weighted by atomic mass is 10.1. The number of halogens is 3. The van der Waals surface area contributed by atoms with Gasteiger partial charge in [0.15, 0.2) is 0 Å². The molecule has 1 aromatic carbocycles. The molecule has 21 heavy (non-hydrogen) atoms. The van der Waals surface area contributed by atoms with Crippen molar-refractivity contribution in [3.8, 4) is 0 Å². The molecule has 1 saturated carbocycles. The molecule has 0 aromatic heterocycles. The maximum Gasteiger partial charge on any atom is 0.417 e. The van der Waals surface area contributed by atoms with Gasteiger partial charge in [-0.25, -0.2) is 13.1 Å². The molecule has 118 valence electrons. The van der Waals surface area contributed by atoms with E-state index in [4.69, 9.17) is 5.73 Å². The minimum absolute atomic E-state index is 0.0298. The predicted molar refractivity (Wildman–Crippen MR) is 71.9 cm³/mol. The molecule has 2 rings (SSSR count). The molecular formula is C13H17F3N2O2S. The van der Waals surface area contributed by atoms with Crippen LogP contribution in [0.3, 0.4) is 0 Å². The van der Waals surface area contributed by atoms with Crippen LogP contribution in [-0.4, -0.2) is 21.0 Å². The first-order chi connectivity index (χ1) is 9.75. The second kappa shape index (κ2) is 5.94. The van der Waals surface area contributed by atoms with Crippen molar-refractivity contribution in [3.63, 3.8) is 0 Å². The van der Waals surface area contributed by atoms with Crippen LogP contribution in [0.25, 0.3) is 0 Å². The molecule has 1 fully saturated rings. The number of rotatable bonds is 4. The van der Waals surface area contributed by atoms with E-state index in [9.17, 15) is 21.6 Å². The lowest BCUT2D eigenvalue weighted by Crippen LogP contribution is -2.40. The quantitative estimate of drug-likeness (QED) is 0.892. The van der Waals surface area contributed by atoms with Gasteiger partial charge in [-0.1, -0.05) is 18.6 Å². The van der Waals surface area contributed by atoms with Gasteiger partial charge in [-0.15, -0.1) is 0 Å². The monoisotopic (exact) mass is 322 g/mol. The second-order valence-corrected chi connectivity index (χ2v) is 6.83. The fourth-order valence-electron chi connectivity index (χ4n) is 2.67. The molecule has 0 bridgehead atoms. The molecule has 8 heteroatoms. The van der Waals surface area contributed by atoms with Crippen LogP contribution in [0.4, 0.5) is 13.2 Å². The first-order valence-electron chi connectivity index (χ1n) is 6.64. The maximum atomic E-state index is 12.9. The Labute approximate surface area is 121 Å². The van der Waals surface area contributed by atoms with Gasteiger partial charge in [0.25, 0.3) is 0 Å². The van der Waals surface area contributed by atoms with Gasteiger partial charge in [0.1, 0.15) is 0 Å². The average Bonchev–Trinajstić information content (AvgIpc) is 2.84. The topological polar surface area (TPSA) is 72.2 Å². The number of sulfonamides is 1. The first-order valence-corrected chi connectivity index (χ1v) is 8.12. The van der Waals surface area contributed by atoms with Crippen molar-refractivity contribution in [2.75, 3.05) is 6.54 Å². The molecule has 3 N–H and O–H groups in total. The van der Waals surface area contributed by atoms with E-state index in [0.29, 0.717) is 13.0 Å². The smallest absolute Gasteiger partial charge is 0.330 e. The van der Waals surface area contributed by atoms with Crippen LogP contribution in [0, 0.1) is 5.92 Å². The minimum atomic E-state index is -4.71. The van der Waals surface area contributed by atoms with Crippen molar-refractivity contribution < 1.29 is 21.6 Å². The van der Waals surface area contributed by atoms with Crippen molar-refractivity contribution in [2.24, 2.45) is 11.7 Å². The van der Waals surface area contributed by atoms with Gasteiger partial charge in [0.2, 0.25) is 10.0 Å². The van der Waals surface area contributed by atoms with E-state index in [-0.39, 0.29) is 5.92 Å². The summed E-state index contributed by atoms with van der Waals surface area (Å²) in [6.45, 7) is 0.314. The Kier molecular flexibility index (Phi) is 4.60. The summed E-state index contributed by atoms with van der Waals surface area (Å²) in [4.78, 5) is -0.736. The lowest BCUT2D eigenvalue weighted by molar-refractivity contribution is -0.139. The lowest BCUT2D eigenvalue weighted by Gasteiger charge is -2.21. The van der Waals surface area contributed by atoms with Gasteiger partial charge >= 0.3 is 6.18 Å². The van der Waals surface area contributed by atoms with Gasteiger partial charge in [-0.3, -0.25) is 0 Å². The Hall–Kier alpha value is -1.12. The third-order valence-electron chi connectivity index (χ3n) is 3.75. The van der Waals surface area contributed by atoms with Crippen LogP contribution in [-0.2, 0) is 16.2 Å². The standard InChI is InChI=1S/C13H17F3N2O2S/c14-13(15,16)10-5-1-2-7-12(10)21(19,20)18-11-6-3-4-9(11)8-17/h1-2,5,7,9,11,18H,3-4,6,8,17H2/t9-,11-/m1/s1. The van der Waals surface area contributed by atoms with Crippen molar-refractivity contribution in [1.82, 2.24) is 4.72 Å². The molecule has 0 amide bonds. The van der Waals surface area contributed by atoms with Gasteiger partial charge < -0.3 is 5.73 Å². The normalized spacial score (nSPS) is 23.4. The molecule has 0 aliphatic heterocycles. The minimum Gasteiger partial charge on any atom is -0.330 e. The van der Waals surface area contributed by atoms with E-state index in [1.54, 1.807) is 0 Å². The Bertz CT molecular complexity index is 602. The summed E-state index contributed by atoms with van der Waals surface area (Å²) in [6.07, 6.45) is -2.52. The molecule has 0 unspecified atom stereocenters. The third kappa shape index (κ3) is 3.56. The highest BCUT2D eigenvalue weighted by Gasteiger charge is 2.38. The third-order valence-corrected chi connectivity index (χ3v) is 5.30. The zero-order valence-electron chi connectivity index (χ0n) is 11.2. The van der Waals surface area contributed by atoms with E-state index in [1.807, 2.05) is 0 Å². The number of nitrogens with two attached hydrogens (primary N) is 1. The molecule has 1 aromatic rings. The second-order valence-electron chi connectivity index (χ2n) is 5.15. The fourth-order valence-corrected chi connectivity index (χ4v) is 4.24. The number of hydrogen-bond donors (Lipinski definition) is 2. The zero-order valence-corrected chi connectivity index (χ0v) is 12.0. The van der Waals surface area contributed by atoms with E-state index >= 15 is 0 Å². The molecule has 1 aliphatic rings. The molecule has 1 aliphatic carbocycles. The van der Waals surface area contributed by atoms with Gasteiger partial charge in [0, 0.05) is 6.04 Å². The van der Waals surface area contributed by atoms with Crippen LogP contribution in [0.15, 0.2) is 29.2 Å². The summed E-state index contributed by atoms with van der Waals surface area (Å²) in [7, 11) is -4.23. The SMILES string of the molecule is NC[C@H]1CCC[C@H]1NS(=O)(=O)c1ccccc1C(F)(F)F. The van der Waals surface area contributed by atoms with E-state index in [0.717, 1.165) is 25.0 Å². The van der Waals surface area contributed by atoms with E-state index < -0.39 is 32.7 Å². The zero-order chi connectivity index (χ0) is 15.7. The Balaban J connectivity index is 2.32. The number of alkyl halides is 3. The summed E-state index contributed by atoms with van der Waals surface area (Å²) in [5, 5.41) is 0. The summed E-state index contributed by atoms with van der Waals surface area (Å²) in [6, 6.07) is 3.78. The Morgan fingerprint density at radius 1 is 1.24 bits per heavy atom. The van der Waals surface area contributed by atoms with E-state index in [2.05, 4.69) is 4.72 Å². The molecule has 2 atom stereocenters. The van der Waals surface area contributed by atoms with Crippen LogP contribution in [0.1, 0.15) is 24.8 Å². The maximum absolute atomic E-state index is 12.9. The summed E-state index contributed by atoms with van der Waals surface area (Å²) < 4.78 is 65.7. The van der Waals surface area contributed by atoms with Gasteiger partial charge in [-0.05, 0) is 37.4 Å².